The van der Waals surface area contributed by atoms with Crippen LogP contribution in [-0.4, -0.2) is 29.8 Å². The van der Waals surface area contributed by atoms with Gasteiger partial charge in [-0.3, -0.25) is 5.10 Å². The molecule has 0 radical (unpaired) electrons. The maximum atomic E-state index is 12.3. The van der Waals surface area contributed by atoms with E-state index >= 15 is 0 Å². The first-order valence-corrected chi connectivity index (χ1v) is 7.93. The van der Waals surface area contributed by atoms with Gasteiger partial charge in [0.05, 0.1) is 12.3 Å². The Kier molecular flexibility index (Phi) is 5.51. The highest BCUT2D eigenvalue weighted by molar-refractivity contribution is 7.89. The lowest BCUT2D eigenvalue weighted by Crippen LogP contribution is -2.33. The molecule has 1 heterocycles. The molecule has 0 aliphatic carbocycles. The number of aliphatic hydroxyl groups is 1. The number of hydrogen-bond donors (Lipinski definition) is 3. The van der Waals surface area contributed by atoms with E-state index in [1.165, 1.54) is 0 Å². The van der Waals surface area contributed by atoms with Crippen LogP contribution in [0, 0.1) is 12.8 Å². The largest absolute Gasteiger partial charge is 0.390 e. The van der Waals surface area contributed by atoms with Gasteiger partial charge in [0.1, 0.15) is 10.6 Å². The van der Waals surface area contributed by atoms with Gasteiger partial charge in [0.2, 0.25) is 10.0 Å². The number of rotatable bonds is 7. The fraction of sp³-hybridized carbons (Fsp3) is 0.750. The lowest BCUT2D eigenvalue weighted by Gasteiger charge is -2.15. The number of aryl methyl sites for hydroxylation is 1. The molecule has 19 heavy (non-hydrogen) atoms. The van der Waals surface area contributed by atoms with Crippen molar-refractivity contribution in [3.8, 4) is 0 Å². The summed E-state index contributed by atoms with van der Waals surface area (Å²) in [4.78, 5) is 0.0615. The molecule has 0 saturated heterocycles. The molecule has 0 aromatic carbocycles. The van der Waals surface area contributed by atoms with Gasteiger partial charge in [-0.1, -0.05) is 13.8 Å². The van der Waals surface area contributed by atoms with Crippen molar-refractivity contribution >= 4 is 10.0 Å². The standard InChI is InChI=1S/C12H23N3O3S/c1-8(2)5-6-9(3)15-19(17,18)12-10(4)13-14-11(12)7-16/h8-9,15-16H,5-7H2,1-4H3,(H,13,14). The summed E-state index contributed by atoms with van der Waals surface area (Å²) in [6.07, 6.45) is 1.74. The summed E-state index contributed by atoms with van der Waals surface area (Å²) in [5, 5.41) is 15.5. The molecule has 0 saturated carbocycles. The van der Waals surface area contributed by atoms with E-state index in [0.717, 1.165) is 12.8 Å². The Morgan fingerprint density at radius 3 is 2.47 bits per heavy atom. The molecule has 0 fully saturated rings. The summed E-state index contributed by atoms with van der Waals surface area (Å²) < 4.78 is 27.2. The van der Waals surface area contributed by atoms with E-state index in [4.69, 9.17) is 5.11 Å². The van der Waals surface area contributed by atoms with Crippen LogP contribution in [0.4, 0.5) is 0 Å². The lowest BCUT2D eigenvalue weighted by atomic mass is 10.1. The minimum absolute atomic E-state index is 0.0615. The zero-order valence-corrected chi connectivity index (χ0v) is 12.7. The predicted octanol–water partition coefficient (Wildman–Crippen LogP) is 1.31. The third-order valence-electron chi connectivity index (χ3n) is 2.91. The number of sulfonamides is 1. The van der Waals surface area contributed by atoms with E-state index in [1.807, 2.05) is 6.92 Å². The van der Waals surface area contributed by atoms with Gasteiger partial charge in [-0.05, 0) is 32.6 Å². The van der Waals surface area contributed by atoms with Crippen molar-refractivity contribution in [2.45, 2.75) is 58.1 Å². The average molecular weight is 289 g/mol. The molecule has 0 aliphatic heterocycles. The Bertz CT molecular complexity index is 508. The SMILES string of the molecule is Cc1[nH]nc(CO)c1S(=O)(=O)NC(C)CCC(C)C. The van der Waals surface area contributed by atoms with Crippen LogP contribution in [0.15, 0.2) is 4.90 Å². The van der Waals surface area contributed by atoms with Crippen LogP contribution in [0.5, 0.6) is 0 Å². The highest BCUT2D eigenvalue weighted by atomic mass is 32.2. The quantitative estimate of drug-likeness (QED) is 0.705. The van der Waals surface area contributed by atoms with E-state index in [9.17, 15) is 8.42 Å². The van der Waals surface area contributed by atoms with Crippen molar-refractivity contribution in [2.75, 3.05) is 0 Å². The smallest absolute Gasteiger partial charge is 0.244 e. The van der Waals surface area contributed by atoms with Gasteiger partial charge in [0.25, 0.3) is 0 Å². The van der Waals surface area contributed by atoms with Crippen LogP contribution >= 0.6 is 0 Å². The summed E-state index contributed by atoms with van der Waals surface area (Å²) in [6.45, 7) is 7.27. The second kappa shape index (κ2) is 6.49. The van der Waals surface area contributed by atoms with Crippen LogP contribution in [-0.2, 0) is 16.6 Å². The molecule has 1 unspecified atom stereocenters. The Morgan fingerprint density at radius 1 is 1.32 bits per heavy atom. The Morgan fingerprint density at radius 2 is 1.95 bits per heavy atom. The van der Waals surface area contributed by atoms with E-state index < -0.39 is 16.6 Å². The number of H-pyrrole nitrogens is 1. The number of aromatic amines is 1. The van der Waals surface area contributed by atoms with Crippen LogP contribution in [0.2, 0.25) is 0 Å². The van der Waals surface area contributed by atoms with Crippen molar-refractivity contribution in [1.82, 2.24) is 14.9 Å². The summed E-state index contributed by atoms with van der Waals surface area (Å²) in [5.41, 5.74) is 0.591. The Balaban J connectivity index is 2.83. The summed E-state index contributed by atoms with van der Waals surface area (Å²) >= 11 is 0. The number of aliphatic hydroxyl groups excluding tert-OH is 1. The second-order valence-corrected chi connectivity index (χ2v) is 6.93. The van der Waals surface area contributed by atoms with Gasteiger partial charge in [0.15, 0.2) is 0 Å². The minimum Gasteiger partial charge on any atom is -0.390 e. The molecular formula is C12H23N3O3S. The first kappa shape index (κ1) is 16.1. The fourth-order valence-corrected chi connectivity index (χ4v) is 3.53. The van der Waals surface area contributed by atoms with Crippen LogP contribution in [0.1, 0.15) is 45.0 Å². The monoisotopic (exact) mass is 289 g/mol. The number of nitrogens with one attached hydrogen (secondary N) is 2. The van der Waals surface area contributed by atoms with Gasteiger partial charge in [-0.25, -0.2) is 13.1 Å². The van der Waals surface area contributed by atoms with Gasteiger partial charge in [-0.15, -0.1) is 0 Å². The molecule has 0 aliphatic rings. The summed E-state index contributed by atoms with van der Waals surface area (Å²) in [7, 11) is -3.64. The molecule has 6 nitrogen and oxygen atoms in total. The predicted molar refractivity (Wildman–Crippen MR) is 73.1 cm³/mol. The van der Waals surface area contributed by atoms with Gasteiger partial charge >= 0.3 is 0 Å². The van der Waals surface area contributed by atoms with Crippen LogP contribution in [0.25, 0.3) is 0 Å². The second-order valence-electron chi connectivity index (χ2n) is 5.28. The molecule has 1 aromatic rings. The first-order chi connectivity index (χ1) is 8.77. The van der Waals surface area contributed by atoms with E-state index in [1.54, 1.807) is 6.92 Å². The van der Waals surface area contributed by atoms with E-state index in [-0.39, 0.29) is 16.6 Å². The highest BCUT2D eigenvalue weighted by Gasteiger charge is 2.25. The summed E-state index contributed by atoms with van der Waals surface area (Å²) in [6, 6.07) is -0.145. The molecule has 110 valence electrons. The van der Waals surface area contributed by atoms with E-state index in [0.29, 0.717) is 11.6 Å². The van der Waals surface area contributed by atoms with Gasteiger partial charge in [0, 0.05) is 6.04 Å². The molecule has 0 amide bonds. The fourth-order valence-electron chi connectivity index (χ4n) is 1.90. The van der Waals surface area contributed by atoms with E-state index in [2.05, 4.69) is 28.8 Å². The normalized spacial score (nSPS) is 14.0. The number of hydrogen-bond acceptors (Lipinski definition) is 4. The number of nitrogens with zero attached hydrogens (tertiary/aromatic N) is 1. The molecule has 0 bridgehead atoms. The zero-order valence-electron chi connectivity index (χ0n) is 11.9. The third-order valence-corrected chi connectivity index (χ3v) is 4.71. The summed E-state index contributed by atoms with van der Waals surface area (Å²) in [5.74, 6) is 0.538. The van der Waals surface area contributed by atoms with Crippen molar-refractivity contribution < 1.29 is 13.5 Å². The maximum Gasteiger partial charge on any atom is 0.244 e. The van der Waals surface area contributed by atoms with Crippen molar-refractivity contribution in [3.63, 3.8) is 0 Å². The molecular weight excluding hydrogens is 266 g/mol. The topological polar surface area (TPSA) is 95.1 Å². The Labute approximate surface area is 114 Å². The van der Waals surface area contributed by atoms with Crippen molar-refractivity contribution in [3.05, 3.63) is 11.4 Å². The molecule has 0 spiro atoms. The lowest BCUT2D eigenvalue weighted by molar-refractivity contribution is 0.273. The zero-order chi connectivity index (χ0) is 14.6. The third kappa shape index (κ3) is 4.29. The highest BCUT2D eigenvalue weighted by Crippen LogP contribution is 2.18. The molecule has 1 rings (SSSR count). The van der Waals surface area contributed by atoms with Crippen LogP contribution in [0.3, 0.4) is 0 Å². The maximum absolute atomic E-state index is 12.3. The molecule has 1 atom stereocenters. The van der Waals surface area contributed by atoms with Crippen molar-refractivity contribution in [1.29, 1.82) is 0 Å². The number of aromatic nitrogens is 2. The van der Waals surface area contributed by atoms with Gasteiger partial charge < -0.3 is 5.11 Å². The first-order valence-electron chi connectivity index (χ1n) is 6.45. The minimum atomic E-state index is -3.64. The molecule has 1 aromatic heterocycles. The molecule has 7 heteroatoms. The molecule has 3 N–H and O–H groups in total. The van der Waals surface area contributed by atoms with Gasteiger partial charge in [-0.2, -0.15) is 5.10 Å². The van der Waals surface area contributed by atoms with Crippen LogP contribution < -0.4 is 4.72 Å². The van der Waals surface area contributed by atoms with Crippen molar-refractivity contribution in [2.24, 2.45) is 5.92 Å². The Hall–Kier alpha value is -0.920. The average Bonchev–Trinajstić information content (AvgIpc) is 2.68.